The van der Waals surface area contributed by atoms with E-state index in [1.54, 1.807) is 0 Å². The normalized spacial score (nSPS) is 9.90. The van der Waals surface area contributed by atoms with Crippen LogP contribution in [0.5, 0.6) is 0 Å². The van der Waals surface area contributed by atoms with Gasteiger partial charge in [-0.2, -0.15) is 0 Å². The predicted molar refractivity (Wildman–Crippen MR) is 87.0 cm³/mol. The molecule has 0 aromatic heterocycles. The summed E-state index contributed by atoms with van der Waals surface area (Å²) in [6.45, 7) is 3.14. The molecule has 1 aromatic carbocycles. The number of rotatable bonds is 10. The zero-order chi connectivity index (χ0) is 14.9. The van der Waals surface area contributed by atoms with Gasteiger partial charge in [0.1, 0.15) is 0 Å². The van der Waals surface area contributed by atoms with Crippen LogP contribution in [0, 0.1) is 0 Å². The first-order chi connectivity index (χ1) is 9.81. The van der Waals surface area contributed by atoms with Crippen molar-refractivity contribution in [2.24, 2.45) is 5.73 Å². The Bertz CT molecular complexity index is 264. The average molecular weight is 313 g/mol. The van der Waals surface area contributed by atoms with Crippen LogP contribution in [-0.2, 0) is 17.4 Å². The fourth-order valence-electron chi connectivity index (χ4n) is 2.06. The maximum absolute atomic E-state index is 5.42. The molecule has 0 aliphatic carbocycles. The molecule has 1 nitrogen and oxygen atoms in total. The van der Waals surface area contributed by atoms with Crippen molar-refractivity contribution in [2.75, 3.05) is 6.54 Å². The van der Waals surface area contributed by atoms with Gasteiger partial charge in [0.25, 0.3) is 0 Å². The summed E-state index contributed by atoms with van der Waals surface area (Å²) >= 11 is 2.49. The first kappa shape index (κ1) is 19.8. The summed E-state index contributed by atoms with van der Waals surface area (Å²) < 4.78 is 1.26. The molecule has 1 rings (SSSR count). The van der Waals surface area contributed by atoms with Gasteiger partial charge in [-0.15, -0.1) is 0 Å². The summed E-state index contributed by atoms with van der Waals surface area (Å²) in [7, 11) is 0. The SMILES string of the molecule is CCCCCCCCCCCCN.[V][c]1ccccc1. The van der Waals surface area contributed by atoms with E-state index in [0.717, 1.165) is 6.54 Å². The van der Waals surface area contributed by atoms with E-state index in [2.05, 4.69) is 36.5 Å². The summed E-state index contributed by atoms with van der Waals surface area (Å²) in [6, 6.07) is 10.2. The van der Waals surface area contributed by atoms with Gasteiger partial charge < -0.3 is 5.73 Å². The second-order valence-corrected chi connectivity index (χ2v) is 6.11. The Morgan fingerprint density at radius 1 is 0.750 bits per heavy atom. The topological polar surface area (TPSA) is 26.0 Å². The number of hydrogen-bond acceptors (Lipinski definition) is 1. The molecular weight excluding hydrogens is 281 g/mol. The summed E-state index contributed by atoms with van der Waals surface area (Å²) in [4.78, 5) is 0. The molecular formula is C18H32NV. The molecule has 0 radical (unpaired) electrons. The van der Waals surface area contributed by atoms with Crippen LogP contribution in [0.4, 0.5) is 0 Å². The second-order valence-electron chi connectivity index (χ2n) is 5.31. The van der Waals surface area contributed by atoms with Crippen LogP contribution in [-0.4, -0.2) is 6.54 Å². The molecule has 2 N–H and O–H groups in total. The van der Waals surface area contributed by atoms with Crippen LogP contribution < -0.4 is 10.0 Å². The molecule has 0 aliphatic rings. The molecule has 114 valence electrons. The third kappa shape index (κ3) is 15.8. The van der Waals surface area contributed by atoms with Gasteiger partial charge >= 0.3 is 52.0 Å². The standard InChI is InChI=1S/C12H27N.C6H5.V/c1-2-3-4-5-6-7-8-9-10-11-12-13;1-2-4-6-5-3-1;/h2-13H2,1H3;1-5H;. The molecule has 0 unspecified atom stereocenters. The van der Waals surface area contributed by atoms with Crippen molar-refractivity contribution >= 4 is 4.28 Å². The van der Waals surface area contributed by atoms with Gasteiger partial charge in [0.05, 0.1) is 0 Å². The van der Waals surface area contributed by atoms with Crippen molar-refractivity contribution in [1.29, 1.82) is 0 Å². The van der Waals surface area contributed by atoms with E-state index >= 15 is 0 Å². The van der Waals surface area contributed by atoms with Gasteiger partial charge in [-0.05, 0) is 13.0 Å². The van der Waals surface area contributed by atoms with E-state index in [1.165, 1.54) is 68.5 Å². The second kappa shape index (κ2) is 16.8. The minimum absolute atomic E-state index is 0.872. The number of benzene rings is 1. The van der Waals surface area contributed by atoms with Crippen LogP contribution in [0.2, 0.25) is 0 Å². The summed E-state index contributed by atoms with van der Waals surface area (Å²) in [5, 5.41) is 0. The Kier molecular flexibility index (Phi) is 16.6. The van der Waals surface area contributed by atoms with Gasteiger partial charge in [-0.25, -0.2) is 0 Å². The van der Waals surface area contributed by atoms with Crippen molar-refractivity contribution in [1.82, 2.24) is 0 Å². The summed E-state index contributed by atoms with van der Waals surface area (Å²) in [5.74, 6) is 0. The van der Waals surface area contributed by atoms with Crippen LogP contribution >= 0.6 is 0 Å². The fourth-order valence-corrected chi connectivity index (χ4v) is 2.33. The average Bonchev–Trinajstić information content (AvgIpc) is 2.47. The van der Waals surface area contributed by atoms with Gasteiger partial charge in [-0.3, -0.25) is 0 Å². The monoisotopic (exact) mass is 313 g/mol. The summed E-state index contributed by atoms with van der Waals surface area (Å²) in [6.07, 6.45) is 13.9. The Hall–Kier alpha value is -0.236. The Morgan fingerprint density at radius 3 is 1.55 bits per heavy atom. The molecule has 2 heteroatoms. The molecule has 0 bridgehead atoms. The van der Waals surface area contributed by atoms with Crippen molar-refractivity contribution in [2.45, 2.75) is 71.1 Å². The van der Waals surface area contributed by atoms with E-state index in [-0.39, 0.29) is 0 Å². The number of nitrogens with two attached hydrogens (primary N) is 1. The van der Waals surface area contributed by atoms with Crippen LogP contribution in [0.1, 0.15) is 71.1 Å². The maximum atomic E-state index is 5.42. The molecule has 0 aliphatic heterocycles. The van der Waals surface area contributed by atoms with E-state index in [1.807, 2.05) is 18.2 Å². The first-order valence-corrected chi connectivity index (χ1v) is 8.95. The van der Waals surface area contributed by atoms with E-state index in [9.17, 15) is 0 Å². The quantitative estimate of drug-likeness (QED) is 0.621. The number of unbranched alkanes of at least 4 members (excludes halogenated alkanes) is 9. The molecule has 0 fully saturated rings. The van der Waals surface area contributed by atoms with Gasteiger partial charge in [0.2, 0.25) is 0 Å². The molecule has 0 heterocycles. The first-order valence-electron chi connectivity index (χ1n) is 8.25. The van der Waals surface area contributed by atoms with E-state index in [4.69, 9.17) is 5.73 Å². The fraction of sp³-hybridized carbons (Fsp3) is 0.667. The van der Waals surface area contributed by atoms with Crippen LogP contribution in [0.15, 0.2) is 30.3 Å². The molecule has 0 atom stereocenters. The molecule has 0 saturated heterocycles. The van der Waals surface area contributed by atoms with Crippen molar-refractivity contribution in [3.05, 3.63) is 30.3 Å². The van der Waals surface area contributed by atoms with Crippen molar-refractivity contribution in [3.63, 3.8) is 0 Å². The van der Waals surface area contributed by atoms with Crippen LogP contribution in [0.3, 0.4) is 0 Å². The van der Waals surface area contributed by atoms with Gasteiger partial charge in [0.15, 0.2) is 0 Å². The van der Waals surface area contributed by atoms with Crippen molar-refractivity contribution < 1.29 is 17.4 Å². The zero-order valence-electron chi connectivity index (χ0n) is 13.2. The Labute approximate surface area is 135 Å². The third-order valence-electron chi connectivity index (χ3n) is 3.31. The Morgan fingerprint density at radius 2 is 1.20 bits per heavy atom. The molecule has 0 saturated carbocycles. The minimum atomic E-state index is 0.872. The van der Waals surface area contributed by atoms with E-state index < -0.39 is 0 Å². The van der Waals surface area contributed by atoms with Crippen molar-refractivity contribution in [3.8, 4) is 0 Å². The third-order valence-corrected chi connectivity index (χ3v) is 3.78. The van der Waals surface area contributed by atoms with Gasteiger partial charge in [0, 0.05) is 0 Å². The summed E-state index contributed by atoms with van der Waals surface area (Å²) in [5.41, 5.74) is 5.42. The molecule has 0 amide bonds. The molecule has 1 aromatic rings. The van der Waals surface area contributed by atoms with Crippen LogP contribution in [0.25, 0.3) is 0 Å². The zero-order valence-corrected chi connectivity index (χ0v) is 14.6. The molecule has 20 heavy (non-hydrogen) atoms. The predicted octanol–water partition coefficient (Wildman–Crippen LogP) is 4.72. The Balaban J connectivity index is 0.000000428. The molecule has 0 spiro atoms. The van der Waals surface area contributed by atoms with E-state index in [0.29, 0.717) is 0 Å². The van der Waals surface area contributed by atoms with Gasteiger partial charge in [-0.1, -0.05) is 64.7 Å². The number of hydrogen-bond donors (Lipinski definition) is 1.